The molecule has 0 aliphatic rings. The maximum atomic E-state index is 14.8. The van der Waals surface area contributed by atoms with Gasteiger partial charge < -0.3 is 25.6 Å². The number of nitrogens with one attached hydrogen (secondary N) is 2. The van der Waals surface area contributed by atoms with E-state index in [1.807, 2.05) is 0 Å². The largest absolute Gasteiger partial charge is 0.494 e. The van der Waals surface area contributed by atoms with Crippen LogP contribution in [0.2, 0.25) is 0 Å². The molecule has 0 heterocycles. The van der Waals surface area contributed by atoms with E-state index in [1.165, 1.54) is 12.1 Å². The van der Waals surface area contributed by atoms with Gasteiger partial charge in [-0.3, -0.25) is 5.41 Å². The lowest BCUT2D eigenvalue weighted by Gasteiger charge is -2.19. The quantitative estimate of drug-likeness (QED) is 0.395. The molecule has 1 atom stereocenters. The third kappa shape index (κ3) is 4.87. The number of nitrogen functional groups attached to an aromatic ring is 1. The highest BCUT2D eigenvalue weighted by molar-refractivity contribution is 5.95. The summed E-state index contributed by atoms with van der Waals surface area (Å²) in [7, 11) is 0. The number of carbonyl (C=O) groups is 1. The Hall–Kier alpha value is -3.29. The average Bonchev–Trinajstić information content (AvgIpc) is 2.63. The molecule has 0 saturated carbocycles. The highest BCUT2D eigenvalue weighted by Crippen LogP contribution is 2.33. The summed E-state index contributed by atoms with van der Waals surface area (Å²) in [6, 6.07) is 7.65. The maximum absolute atomic E-state index is 14.8. The van der Waals surface area contributed by atoms with Gasteiger partial charge in [-0.15, -0.1) is 0 Å². The lowest BCUT2D eigenvalue weighted by atomic mass is 10.0. The van der Waals surface area contributed by atoms with E-state index in [9.17, 15) is 14.3 Å². The fourth-order valence-electron chi connectivity index (χ4n) is 2.50. The Kier molecular flexibility index (Phi) is 6.59. The van der Waals surface area contributed by atoms with Crippen LogP contribution in [0.4, 0.5) is 10.1 Å². The van der Waals surface area contributed by atoms with E-state index in [1.54, 1.807) is 38.1 Å². The smallest absolute Gasteiger partial charge is 0.330 e. The van der Waals surface area contributed by atoms with Crippen LogP contribution in [-0.2, 0) is 4.79 Å². The molecule has 2 aromatic rings. The van der Waals surface area contributed by atoms with Gasteiger partial charge in [-0.25, -0.2) is 9.18 Å². The number of hydrogen-bond acceptors (Lipinski definition) is 5. The number of anilines is 1. The molecule has 0 spiro atoms. The van der Waals surface area contributed by atoms with E-state index in [-0.39, 0.29) is 23.8 Å². The zero-order valence-corrected chi connectivity index (χ0v) is 15.1. The number of carboxylic acids is 1. The molecule has 27 heavy (non-hydrogen) atoms. The van der Waals surface area contributed by atoms with Crippen LogP contribution >= 0.6 is 0 Å². The SMILES string of the molecule is CCOc1cc(OCC)c(F)c([C@@H](Nc2ccc(C(=N)N)cc2)C(=O)O)c1. The van der Waals surface area contributed by atoms with Crippen LogP contribution in [0.25, 0.3) is 0 Å². The van der Waals surface area contributed by atoms with Crippen LogP contribution in [-0.4, -0.2) is 30.1 Å². The van der Waals surface area contributed by atoms with E-state index in [0.717, 1.165) is 0 Å². The molecule has 5 N–H and O–H groups in total. The molecule has 0 amide bonds. The molecule has 8 heteroatoms. The summed E-state index contributed by atoms with van der Waals surface area (Å²) in [4.78, 5) is 11.8. The minimum absolute atomic E-state index is 0.0709. The first-order chi connectivity index (χ1) is 12.9. The molecular weight excluding hydrogens is 353 g/mol. The number of aliphatic carboxylic acids is 1. The first kappa shape index (κ1) is 20.0. The number of ether oxygens (including phenoxy) is 2. The van der Waals surface area contributed by atoms with Gasteiger partial charge in [0.15, 0.2) is 17.6 Å². The summed E-state index contributed by atoms with van der Waals surface area (Å²) in [6.45, 7) is 4.04. The predicted octanol–water partition coefficient (Wildman–Crippen LogP) is 3.14. The molecule has 7 nitrogen and oxygen atoms in total. The molecule has 0 unspecified atom stereocenters. The lowest BCUT2D eigenvalue weighted by Crippen LogP contribution is -2.22. The van der Waals surface area contributed by atoms with Crippen LogP contribution in [0.3, 0.4) is 0 Å². The van der Waals surface area contributed by atoms with Crippen LogP contribution in [0.5, 0.6) is 11.5 Å². The second-order valence-corrected chi connectivity index (χ2v) is 5.60. The zero-order valence-electron chi connectivity index (χ0n) is 15.1. The molecule has 144 valence electrons. The number of benzene rings is 2. The fourth-order valence-corrected chi connectivity index (χ4v) is 2.50. The predicted molar refractivity (Wildman–Crippen MR) is 100 cm³/mol. The Bertz CT molecular complexity index is 824. The van der Waals surface area contributed by atoms with E-state index in [0.29, 0.717) is 23.6 Å². The van der Waals surface area contributed by atoms with Gasteiger partial charge in [0.1, 0.15) is 11.6 Å². The normalized spacial score (nSPS) is 11.5. The topological polar surface area (TPSA) is 118 Å². The summed E-state index contributed by atoms with van der Waals surface area (Å²) in [5.41, 5.74) is 6.23. The van der Waals surface area contributed by atoms with Crippen molar-refractivity contribution in [2.24, 2.45) is 5.73 Å². The van der Waals surface area contributed by atoms with Crippen molar-refractivity contribution in [1.29, 1.82) is 5.41 Å². The highest BCUT2D eigenvalue weighted by Gasteiger charge is 2.26. The second-order valence-electron chi connectivity index (χ2n) is 5.60. The second kappa shape index (κ2) is 8.88. The van der Waals surface area contributed by atoms with Crippen molar-refractivity contribution in [2.45, 2.75) is 19.9 Å². The molecule has 0 aromatic heterocycles. The molecule has 2 aromatic carbocycles. The summed E-state index contributed by atoms with van der Waals surface area (Å²) >= 11 is 0. The highest BCUT2D eigenvalue weighted by atomic mass is 19.1. The van der Waals surface area contributed by atoms with Crippen molar-refractivity contribution >= 4 is 17.5 Å². The number of nitrogens with two attached hydrogens (primary N) is 1. The standard InChI is InChI=1S/C19H22FN3O4/c1-3-26-13-9-14(16(20)15(10-13)27-4-2)17(19(24)25)23-12-7-5-11(6-8-12)18(21)22/h5-10,17,23H,3-4H2,1-2H3,(H3,21,22)(H,24,25)/t17-/m1/s1. The Morgan fingerprint density at radius 2 is 1.85 bits per heavy atom. The van der Waals surface area contributed by atoms with Crippen molar-refractivity contribution in [1.82, 2.24) is 0 Å². The van der Waals surface area contributed by atoms with E-state index >= 15 is 0 Å². The van der Waals surface area contributed by atoms with Crippen molar-refractivity contribution in [3.05, 3.63) is 53.3 Å². The minimum atomic E-state index is -1.37. The molecule has 0 aliphatic carbocycles. The first-order valence-corrected chi connectivity index (χ1v) is 8.40. The Labute approximate surface area is 156 Å². The Morgan fingerprint density at radius 1 is 1.22 bits per heavy atom. The Morgan fingerprint density at radius 3 is 2.37 bits per heavy atom. The molecule has 0 saturated heterocycles. The molecule has 0 radical (unpaired) electrons. The average molecular weight is 375 g/mol. The number of halogens is 1. The monoisotopic (exact) mass is 375 g/mol. The summed E-state index contributed by atoms with van der Waals surface area (Å²) in [5.74, 6) is -1.88. The number of carboxylic acid groups (broad SMARTS) is 1. The van der Waals surface area contributed by atoms with Gasteiger partial charge in [0.25, 0.3) is 0 Å². The fraction of sp³-hybridized carbons (Fsp3) is 0.263. The van der Waals surface area contributed by atoms with Gasteiger partial charge in [-0.05, 0) is 44.2 Å². The van der Waals surface area contributed by atoms with Crippen LogP contribution in [0.1, 0.15) is 31.0 Å². The summed E-state index contributed by atoms with van der Waals surface area (Å²) in [5, 5.41) is 19.8. The van der Waals surface area contributed by atoms with Crippen molar-refractivity contribution in [3.63, 3.8) is 0 Å². The van der Waals surface area contributed by atoms with Gasteiger partial charge in [0.2, 0.25) is 0 Å². The van der Waals surface area contributed by atoms with E-state index in [4.69, 9.17) is 20.6 Å². The van der Waals surface area contributed by atoms with Gasteiger partial charge in [-0.2, -0.15) is 0 Å². The van der Waals surface area contributed by atoms with Crippen molar-refractivity contribution in [3.8, 4) is 11.5 Å². The molecule has 2 rings (SSSR count). The van der Waals surface area contributed by atoms with E-state index in [2.05, 4.69) is 5.32 Å². The maximum Gasteiger partial charge on any atom is 0.330 e. The summed E-state index contributed by atoms with van der Waals surface area (Å²) < 4.78 is 25.5. The number of rotatable bonds is 9. The van der Waals surface area contributed by atoms with Gasteiger partial charge in [0, 0.05) is 22.9 Å². The number of hydrogen-bond donors (Lipinski definition) is 4. The first-order valence-electron chi connectivity index (χ1n) is 8.40. The van der Waals surface area contributed by atoms with Crippen LogP contribution in [0, 0.1) is 11.2 Å². The zero-order chi connectivity index (χ0) is 20.0. The molecule has 0 bridgehead atoms. The van der Waals surface area contributed by atoms with Gasteiger partial charge in [0.05, 0.1) is 13.2 Å². The van der Waals surface area contributed by atoms with Crippen LogP contribution in [0.15, 0.2) is 36.4 Å². The molecular formula is C19H22FN3O4. The third-order valence-corrected chi connectivity index (χ3v) is 3.72. The third-order valence-electron chi connectivity index (χ3n) is 3.72. The van der Waals surface area contributed by atoms with Gasteiger partial charge >= 0.3 is 5.97 Å². The van der Waals surface area contributed by atoms with Crippen LogP contribution < -0.4 is 20.5 Å². The molecule has 0 aliphatic heterocycles. The molecule has 0 fully saturated rings. The van der Waals surface area contributed by atoms with E-state index < -0.39 is 17.8 Å². The van der Waals surface area contributed by atoms with Crippen molar-refractivity contribution < 1.29 is 23.8 Å². The van der Waals surface area contributed by atoms with Crippen molar-refractivity contribution in [2.75, 3.05) is 18.5 Å². The van der Waals surface area contributed by atoms with Gasteiger partial charge in [-0.1, -0.05) is 0 Å². The lowest BCUT2D eigenvalue weighted by molar-refractivity contribution is -0.138. The Balaban J connectivity index is 2.42. The minimum Gasteiger partial charge on any atom is -0.494 e. The number of amidine groups is 1. The summed E-state index contributed by atoms with van der Waals surface area (Å²) in [6.07, 6.45) is 0.